The van der Waals surface area contributed by atoms with Gasteiger partial charge in [0, 0.05) is 29.7 Å². The first-order valence-corrected chi connectivity index (χ1v) is 11.4. The minimum atomic E-state index is -0.374. The topological polar surface area (TPSA) is 111 Å². The summed E-state index contributed by atoms with van der Waals surface area (Å²) in [5, 5.41) is 12.2. The van der Waals surface area contributed by atoms with E-state index in [1.54, 1.807) is 17.9 Å². The summed E-state index contributed by atoms with van der Waals surface area (Å²) >= 11 is 9.84. The molecule has 1 amide bonds. The minimum Gasteiger partial charge on any atom is -0.359 e. The maximum absolute atomic E-state index is 12.2. The molecule has 0 unspecified atom stereocenters. The quantitative estimate of drug-likeness (QED) is 0.436. The Morgan fingerprint density at radius 3 is 2.91 bits per heavy atom. The molecule has 2 atom stereocenters. The zero-order chi connectivity index (χ0) is 22.2. The summed E-state index contributed by atoms with van der Waals surface area (Å²) in [6, 6.07) is 5.89. The van der Waals surface area contributed by atoms with E-state index in [1.807, 2.05) is 25.1 Å². The monoisotopic (exact) mass is 541 g/mol. The molecule has 1 saturated carbocycles. The SMILES string of the molecule is CNC(=O)[C@]1(C)CC[C@@H](Nc2ncc3c(Br)nn(-c4cc(Cl)cc(CCN)c4)c3n2)C1.Cl. The molecule has 1 aliphatic carbocycles. The number of benzene rings is 1. The Hall–Kier alpha value is -1.94. The van der Waals surface area contributed by atoms with Gasteiger partial charge >= 0.3 is 0 Å². The summed E-state index contributed by atoms with van der Waals surface area (Å²) in [6.45, 7) is 2.54. The van der Waals surface area contributed by atoms with Crippen LogP contribution in [0.1, 0.15) is 31.7 Å². The molecular weight excluding hydrogens is 517 g/mol. The highest BCUT2D eigenvalue weighted by molar-refractivity contribution is 9.10. The van der Waals surface area contributed by atoms with Crippen LogP contribution in [0.25, 0.3) is 16.7 Å². The van der Waals surface area contributed by atoms with Crippen LogP contribution in [0, 0.1) is 5.41 Å². The van der Waals surface area contributed by atoms with Crippen molar-refractivity contribution in [3.8, 4) is 5.69 Å². The second-order valence-electron chi connectivity index (χ2n) is 8.21. The number of nitrogens with zero attached hydrogens (tertiary/aromatic N) is 4. The van der Waals surface area contributed by atoms with E-state index in [9.17, 15) is 4.79 Å². The number of halogens is 3. The first-order chi connectivity index (χ1) is 14.8. The van der Waals surface area contributed by atoms with Gasteiger partial charge in [-0.3, -0.25) is 4.79 Å². The summed E-state index contributed by atoms with van der Waals surface area (Å²) in [6.07, 6.45) is 4.90. The maximum Gasteiger partial charge on any atom is 0.225 e. The number of rotatable bonds is 6. The lowest BCUT2D eigenvalue weighted by Crippen LogP contribution is -2.35. The fourth-order valence-corrected chi connectivity index (χ4v) is 4.93. The van der Waals surface area contributed by atoms with Crippen molar-refractivity contribution in [3.63, 3.8) is 0 Å². The number of anilines is 1. The molecule has 1 fully saturated rings. The predicted octanol–water partition coefficient (Wildman–Crippen LogP) is 3.87. The van der Waals surface area contributed by atoms with Crippen molar-refractivity contribution in [3.05, 3.63) is 39.6 Å². The van der Waals surface area contributed by atoms with Gasteiger partial charge in [-0.05, 0) is 71.9 Å². The minimum absolute atomic E-state index is 0. The number of fused-ring (bicyclic) bond motifs is 1. The van der Waals surface area contributed by atoms with Crippen molar-refractivity contribution in [2.45, 2.75) is 38.6 Å². The summed E-state index contributed by atoms with van der Waals surface area (Å²) in [7, 11) is 1.68. The van der Waals surface area contributed by atoms with Gasteiger partial charge in [-0.15, -0.1) is 12.4 Å². The maximum atomic E-state index is 12.2. The fraction of sp³-hybridized carbons (Fsp3) is 0.429. The molecule has 3 aromatic rings. The van der Waals surface area contributed by atoms with Gasteiger partial charge in [0.2, 0.25) is 11.9 Å². The third-order valence-electron chi connectivity index (χ3n) is 5.85. The average Bonchev–Trinajstić information content (AvgIpc) is 3.28. The van der Waals surface area contributed by atoms with Gasteiger partial charge in [0.05, 0.1) is 11.1 Å². The van der Waals surface area contributed by atoms with Crippen molar-refractivity contribution >= 4 is 62.8 Å². The van der Waals surface area contributed by atoms with Crippen LogP contribution in [0.2, 0.25) is 5.02 Å². The molecule has 0 saturated heterocycles. The van der Waals surface area contributed by atoms with E-state index in [1.165, 1.54) is 0 Å². The number of amides is 1. The Morgan fingerprint density at radius 1 is 1.41 bits per heavy atom. The number of nitrogens with two attached hydrogens (primary N) is 1. The standard InChI is InChI=1S/C21H25BrClN7O.ClH/c1-21(19(31)25-2)5-3-14(10-21)27-20-26-11-16-17(22)29-30(18(16)28-20)15-8-12(4-6-24)7-13(23)9-15;/h7-9,11,14H,3-6,10,24H2,1-2H3,(H,25,31)(H,26,27,28);1H/t14-,21-;/m1./s1. The lowest BCUT2D eigenvalue weighted by Gasteiger charge is -2.22. The fourth-order valence-electron chi connectivity index (χ4n) is 4.24. The highest BCUT2D eigenvalue weighted by atomic mass is 79.9. The van der Waals surface area contributed by atoms with Crippen LogP contribution < -0.4 is 16.4 Å². The Kier molecular flexibility index (Phi) is 7.65. The Morgan fingerprint density at radius 2 is 2.19 bits per heavy atom. The molecule has 0 bridgehead atoms. The van der Waals surface area contributed by atoms with Crippen LogP contribution >= 0.6 is 39.9 Å². The molecule has 0 radical (unpaired) electrons. The molecule has 172 valence electrons. The van der Waals surface area contributed by atoms with E-state index >= 15 is 0 Å². The van der Waals surface area contributed by atoms with Gasteiger partial charge in [-0.2, -0.15) is 10.1 Å². The number of carbonyl (C=O) groups is 1. The van der Waals surface area contributed by atoms with E-state index in [0.717, 1.165) is 42.3 Å². The van der Waals surface area contributed by atoms with Crippen molar-refractivity contribution in [1.29, 1.82) is 0 Å². The highest BCUT2D eigenvalue weighted by Crippen LogP contribution is 2.39. The molecule has 32 heavy (non-hydrogen) atoms. The summed E-state index contributed by atoms with van der Waals surface area (Å²) in [5.74, 6) is 0.584. The molecule has 1 aromatic carbocycles. The molecule has 0 spiro atoms. The number of hydrogen-bond donors (Lipinski definition) is 3. The summed E-state index contributed by atoms with van der Waals surface area (Å²) in [5.41, 5.74) is 7.85. The van der Waals surface area contributed by atoms with E-state index < -0.39 is 0 Å². The molecular formula is C21H26BrCl2N7O. The van der Waals surface area contributed by atoms with Gasteiger partial charge in [0.15, 0.2) is 5.65 Å². The number of aromatic nitrogens is 4. The molecule has 1 aliphatic rings. The van der Waals surface area contributed by atoms with Gasteiger partial charge in [0.1, 0.15) is 4.60 Å². The normalized spacial score (nSPS) is 20.2. The van der Waals surface area contributed by atoms with Crippen LogP contribution in [-0.4, -0.2) is 45.3 Å². The highest BCUT2D eigenvalue weighted by Gasteiger charge is 2.40. The van der Waals surface area contributed by atoms with Crippen LogP contribution in [0.15, 0.2) is 29.0 Å². The zero-order valence-electron chi connectivity index (χ0n) is 17.9. The molecule has 11 heteroatoms. The van der Waals surface area contributed by atoms with E-state index in [4.69, 9.17) is 22.3 Å². The average molecular weight is 543 g/mol. The molecule has 4 rings (SSSR count). The Balaban J connectivity index is 0.00000289. The van der Waals surface area contributed by atoms with Gasteiger partial charge in [-0.25, -0.2) is 9.67 Å². The summed E-state index contributed by atoms with van der Waals surface area (Å²) in [4.78, 5) is 21.4. The molecule has 2 heterocycles. The first kappa shape index (κ1) is 24.7. The van der Waals surface area contributed by atoms with Gasteiger partial charge in [-0.1, -0.05) is 18.5 Å². The third-order valence-corrected chi connectivity index (χ3v) is 6.65. The summed E-state index contributed by atoms with van der Waals surface area (Å²) < 4.78 is 2.41. The number of hydrogen-bond acceptors (Lipinski definition) is 6. The van der Waals surface area contributed by atoms with Crippen LogP contribution in [0.3, 0.4) is 0 Å². The predicted molar refractivity (Wildman–Crippen MR) is 133 cm³/mol. The van der Waals surface area contributed by atoms with E-state index in [-0.39, 0.29) is 29.8 Å². The van der Waals surface area contributed by atoms with Crippen molar-refractivity contribution in [2.75, 3.05) is 18.9 Å². The second kappa shape index (κ2) is 9.91. The Bertz CT molecular complexity index is 1140. The van der Waals surface area contributed by atoms with E-state index in [0.29, 0.717) is 27.8 Å². The van der Waals surface area contributed by atoms with Crippen molar-refractivity contribution in [2.24, 2.45) is 11.1 Å². The van der Waals surface area contributed by atoms with Crippen molar-refractivity contribution in [1.82, 2.24) is 25.1 Å². The van der Waals surface area contributed by atoms with Gasteiger partial charge < -0.3 is 16.4 Å². The first-order valence-electron chi connectivity index (χ1n) is 10.2. The molecule has 2 aromatic heterocycles. The zero-order valence-corrected chi connectivity index (χ0v) is 21.0. The molecule has 0 aliphatic heterocycles. The largest absolute Gasteiger partial charge is 0.359 e. The number of carbonyl (C=O) groups excluding carboxylic acids is 1. The smallest absolute Gasteiger partial charge is 0.225 e. The molecule has 8 nitrogen and oxygen atoms in total. The number of nitrogens with one attached hydrogen (secondary N) is 2. The van der Waals surface area contributed by atoms with Crippen LogP contribution in [-0.2, 0) is 11.2 Å². The molecule has 4 N–H and O–H groups in total. The van der Waals surface area contributed by atoms with Crippen LogP contribution in [0.5, 0.6) is 0 Å². The third kappa shape index (κ3) is 4.85. The lowest BCUT2D eigenvalue weighted by molar-refractivity contribution is -0.129. The lowest BCUT2D eigenvalue weighted by atomic mass is 9.87. The Labute approximate surface area is 206 Å². The van der Waals surface area contributed by atoms with Crippen LogP contribution in [0.4, 0.5) is 5.95 Å². The van der Waals surface area contributed by atoms with E-state index in [2.05, 4.69) is 36.6 Å². The second-order valence-corrected chi connectivity index (χ2v) is 9.40. The van der Waals surface area contributed by atoms with Crippen molar-refractivity contribution < 1.29 is 4.79 Å². The van der Waals surface area contributed by atoms with Gasteiger partial charge in [0.25, 0.3) is 0 Å².